The Labute approximate surface area is 170 Å². The van der Waals surface area contributed by atoms with Crippen molar-refractivity contribution in [2.24, 2.45) is 0 Å². The third kappa shape index (κ3) is 7.51. The van der Waals surface area contributed by atoms with Crippen LogP contribution in [0, 0.1) is 0 Å². The van der Waals surface area contributed by atoms with Gasteiger partial charge in [-0.3, -0.25) is 0 Å². The van der Waals surface area contributed by atoms with Gasteiger partial charge in [0, 0.05) is 0 Å². The van der Waals surface area contributed by atoms with Gasteiger partial charge in [-0.2, -0.15) is 0 Å². The van der Waals surface area contributed by atoms with Crippen molar-refractivity contribution < 1.29 is 0 Å². The summed E-state index contributed by atoms with van der Waals surface area (Å²) in [6, 6.07) is 21.3. The van der Waals surface area contributed by atoms with Crippen LogP contribution in [0.2, 0.25) is 0 Å². The van der Waals surface area contributed by atoms with Crippen molar-refractivity contribution in [3.63, 3.8) is 0 Å². The number of benzene rings is 2. The van der Waals surface area contributed by atoms with Crippen molar-refractivity contribution in [2.45, 2.75) is 48.4 Å². The molecule has 2 unspecified atom stereocenters. The zero-order valence-electron chi connectivity index (χ0n) is 16.0. The normalized spacial score (nSPS) is 19.1. The summed E-state index contributed by atoms with van der Waals surface area (Å²) in [6.45, 7) is 5.18. The number of hydrogen-bond donors (Lipinski definition) is 3. The van der Waals surface area contributed by atoms with E-state index in [-0.39, 0.29) is 0 Å². The van der Waals surface area contributed by atoms with Gasteiger partial charge in [-0.05, 0) is 0 Å². The van der Waals surface area contributed by atoms with Crippen LogP contribution in [0.15, 0.2) is 72.9 Å². The molecule has 144 valence electrons. The van der Waals surface area contributed by atoms with Gasteiger partial charge in [0.2, 0.25) is 0 Å². The summed E-state index contributed by atoms with van der Waals surface area (Å²) >= 11 is 0.623. The van der Waals surface area contributed by atoms with Crippen LogP contribution in [-0.2, 0) is 12.8 Å². The monoisotopic (exact) mass is 429 g/mol. The van der Waals surface area contributed by atoms with Crippen LogP contribution in [0.25, 0.3) is 0 Å². The summed E-state index contributed by atoms with van der Waals surface area (Å²) in [6.07, 6.45) is 7.13. The molecule has 0 amide bonds. The summed E-state index contributed by atoms with van der Waals surface area (Å²) in [4.78, 5) is 1.29. The van der Waals surface area contributed by atoms with Crippen molar-refractivity contribution in [1.29, 1.82) is 0 Å². The van der Waals surface area contributed by atoms with E-state index in [0.717, 1.165) is 25.1 Å². The molecule has 27 heavy (non-hydrogen) atoms. The Morgan fingerprint density at radius 3 is 2.26 bits per heavy atom. The summed E-state index contributed by atoms with van der Waals surface area (Å²) in [5.41, 5.74) is 10.9. The van der Waals surface area contributed by atoms with Crippen LogP contribution in [0.5, 0.6) is 0 Å². The Balaban J connectivity index is 1.21. The minimum absolute atomic E-state index is 0.618. The van der Waals surface area contributed by atoms with E-state index in [1.54, 1.807) is 0 Å². The maximum atomic E-state index is 4.15. The second-order valence-corrected chi connectivity index (χ2v) is 10.1. The molecule has 4 heteroatoms. The number of allylic oxidation sites excluding steroid dienone is 1. The molecule has 3 nitrogen and oxygen atoms in total. The first-order chi connectivity index (χ1) is 13.3. The number of unbranched alkanes of at least 4 members (excludes halogenated alkanes) is 2. The van der Waals surface area contributed by atoms with Crippen molar-refractivity contribution >= 4 is 15.0 Å². The van der Waals surface area contributed by atoms with E-state index in [1.165, 1.54) is 36.8 Å². The third-order valence-electron chi connectivity index (χ3n) is 4.78. The van der Waals surface area contributed by atoms with E-state index in [0.29, 0.717) is 24.8 Å². The van der Waals surface area contributed by atoms with Gasteiger partial charge in [0.1, 0.15) is 0 Å². The molecule has 0 radical (unpaired) electrons. The Morgan fingerprint density at radius 1 is 0.852 bits per heavy atom. The summed E-state index contributed by atoms with van der Waals surface area (Å²) in [5.74, 6) is 0. The molecule has 3 rings (SSSR count). The van der Waals surface area contributed by atoms with Gasteiger partial charge in [-0.1, -0.05) is 6.07 Å². The molecule has 1 aliphatic rings. The van der Waals surface area contributed by atoms with Crippen molar-refractivity contribution in [3.8, 4) is 0 Å². The van der Waals surface area contributed by atoms with Crippen LogP contribution in [0.3, 0.4) is 0 Å². The number of hydrogen-bond acceptors (Lipinski definition) is 3. The molecule has 2 aromatic carbocycles. The van der Waals surface area contributed by atoms with E-state index in [4.69, 9.17) is 0 Å². The average molecular weight is 428 g/mol. The Morgan fingerprint density at radius 2 is 1.52 bits per heavy atom. The summed E-state index contributed by atoms with van der Waals surface area (Å²) < 4.78 is 0. The van der Waals surface area contributed by atoms with Gasteiger partial charge in [-0.25, -0.2) is 0 Å². The number of nitrogens with one attached hydrogen (secondary N) is 3. The van der Waals surface area contributed by atoms with Crippen LogP contribution < -0.4 is 16.2 Å². The van der Waals surface area contributed by atoms with Crippen molar-refractivity contribution in [1.82, 2.24) is 16.2 Å². The van der Waals surface area contributed by atoms with E-state index in [2.05, 4.69) is 83.4 Å². The fourth-order valence-corrected chi connectivity index (χ4v) is 5.97. The first-order valence-electron chi connectivity index (χ1n) is 9.95. The molecule has 1 heterocycles. The zero-order chi connectivity index (χ0) is 18.7. The summed E-state index contributed by atoms with van der Waals surface area (Å²) in [5, 5.41) is 3.48. The molecule has 0 bridgehead atoms. The van der Waals surface area contributed by atoms with Gasteiger partial charge >= 0.3 is 164 Å². The SMILES string of the molecule is C=C(Cc1ccccc1)NCCCCCC1NNC(Cc2ccccc2)[Se]1. The molecule has 1 fully saturated rings. The van der Waals surface area contributed by atoms with Gasteiger partial charge in [0.15, 0.2) is 0 Å². The average Bonchev–Trinajstić information content (AvgIpc) is 3.13. The number of rotatable bonds is 11. The number of hydrazine groups is 1. The van der Waals surface area contributed by atoms with Crippen LogP contribution in [0.4, 0.5) is 0 Å². The second kappa shape index (κ2) is 11.3. The predicted molar refractivity (Wildman–Crippen MR) is 116 cm³/mol. The van der Waals surface area contributed by atoms with Crippen molar-refractivity contribution in [3.05, 3.63) is 84.1 Å². The molecule has 3 N–H and O–H groups in total. The van der Waals surface area contributed by atoms with Crippen LogP contribution in [-0.4, -0.2) is 31.4 Å². The minimum atomic E-state index is 0.618. The maximum absolute atomic E-state index is 4.15. The molecule has 1 saturated heterocycles. The fraction of sp³-hybridized carbons (Fsp3) is 0.391. The molecule has 0 aliphatic carbocycles. The van der Waals surface area contributed by atoms with E-state index < -0.39 is 0 Å². The van der Waals surface area contributed by atoms with Crippen LogP contribution in [0.1, 0.15) is 36.8 Å². The van der Waals surface area contributed by atoms with E-state index >= 15 is 0 Å². The molecule has 2 aromatic rings. The molecule has 2 atom stereocenters. The molecule has 0 aromatic heterocycles. The first-order valence-corrected chi connectivity index (χ1v) is 11.9. The van der Waals surface area contributed by atoms with E-state index in [1.807, 2.05) is 0 Å². The predicted octanol–water partition coefficient (Wildman–Crippen LogP) is 3.60. The van der Waals surface area contributed by atoms with Gasteiger partial charge in [-0.15, -0.1) is 0 Å². The second-order valence-electron chi connectivity index (χ2n) is 7.13. The fourth-order valence-electron chi connectivity index (χ4n) is 3.32. The van der Waals surface area contributed by atoms with Crippen LogP contribution >= 0.6 is 0 Å². The Bertz CT molecular complexity index is 675. The molecule has 0 spiro atoms. The standard InChI is InChI=1S/C23H31N3Se/c1-19(17-20-11-5-2-6-12-20)24-16-10-4-9-15-22-25-26-23(27-22)18-21-13-7-3-8-14-21/h2-3,5-8,11-14,22-26H,1,4,9-10,15-18H2. The third-order valence-corrected chi connectivity index (χ3v) is 7.49. The molecular weight excluding hydrogens is 397 g/mol. The molecule has 1 aliphatic heterocycles. The molecule has 0 saturated carbocycles. The quantitative estimate of drug-likeness (QED) is 0.378. The summed E-state index contributed by atoms with van der Waals surface area (Å²) in [7, 11) is 0. The topological polar surface area (TPSA) is 36.1 Å². The Hall–Kier alpha value is -1.58. The van der Waals surface area contributed by atoms with Gasteiger partial charge in [0.25, 0.3) is 0 Å². The Kier molecular flexibility index (Phi) is 8.44. The molecular formula is C23H31N3Se. The van der Waals surface area contributed by atoms with Gasteiger partial charge in [0.05, 0.1) is 0 Å². The van der Waals surface area contributed by atoms with E-state index in [9.17, 15) is 0 Å². The first kappa shape index (κ1) is 20.2. The zero-order valence-corrected chi connectivity index (χ0v) is 17.7. The van der Waals surface area contributed by atoms with Gasteiger partial charge < -0.3 is 0 Å². The van der Waals surface area contributed by atoms with Crippen molar-refractivity contribution in [2.75, 3.05) is 6.54 Å².